The lowest BCUT2D eigenvalue weighted by atomic mass is 10.0. The number of nitrogens with one attached hydrogen (secondary N) is 1. The Bertz CT molecular complexity index is 1430. The lowest BCUT2D eigenvalue weighted by molar-refractivity contribution is -0.140. The summed E-state index contributed by atoms with van der Waals surface area (Å²) < 4.78 is 27.0. The van der Waals surface area contributed by atoms with E-state index in [1.165, 1.54) is 4.90 Å². The number of nitrogens with zero attached hydrogens (tertiary/aromatic N) is 2. The van der Waals surface area contributed by atoms with E-state index >= 15 is 0 Å². The highest BCUT2D eigenvalue weighted by Crippen LogP contribution is 2.27. The SMILES string of the molecule is CCNC(=O)[C@@H](Cc1ccccc1)N(Cc1ccc(Cl)cc1Cl)C(=O)CN(c1cc(C)ccc1C)S(C)(=O)=O. The van der Waals surface area contributed by atoms with Gasteiger partial charge in [-0.2, -0.15) is 0 Å². The molecular formula is C29H33Cl2N3O4S. The van der Waals surface area contributed by atoms with Crippen LogP contribution >= 0.6 is 23.2 Å². The Kier molecular flexibility index (Phi) is 10.4. The van der Waals surface area contributed by atoms with Gasteiger partial charge in [0.1, 0.15) is 12.6 Å². The van der Waals surface area contributed by atoms with Gasteiger partial charge in [-0.3, -0.25) is 13.9 Å². The summed E-state index contributed by atoms with van der Waals surface area (Å²) in [6, 6.07) is 18.8. The Morgan fingerprint density at radius 1 is 0.974 bits per heavy atom. The van der Waals surface area contributed by atoms with Crippen molar-refractivity contribution in [1.82, 2.24) is 10.2 Å². The molecule has 0 aromatic heterocycles. The fourth-order valence-electron chi connectivity index (χ4n) is 4.26. The van der Waals surface area contributed by atoms with E-state index in [1.807, 2.05) is 49.4 Å². The second kappa shape index (κ2) is 13.3. The van der Waals surface area contributed by atoms with Crippen molar-refractivity contribution >= 4 is 50.7 Å². The van der Waals surface area contributed by atoms with Gasteiger partial charge >= 0.3 is 0 Å². The van der Waals surface area contributed by atoms with Crippen LogP contribution < -0.4 is 9.62 Å². The maximum absolute atomic E-state index is 14.1. The average Bonchev–Trinajstić information content (AvgIpc) is 2.87. The molecule has 0 heterocycles. The second-order valence-electron chi connectivity index (χ2n) is 9.42. The van der Waals surface area contributed by atoms with Crippen molar-refractivity contribution in [2.24, 2.45) is 0 Å². The zero-order valence-electron chi connectivity index (χ0n) is 22.4. The highest BCUT2D eigenvalue weighted by atomic mass is 35.5. The molecule has 3 aromatic rings. The van der Waals surface area contributed by atoms with E-state index in [4.69, 9.17) is 23.2 Å². The fraction of sp³-hybridized carbons (Fsp3) is 0.310. The number of sulfonamides is 1. The van der Waals surface area contributed by atoms with Gasteiger partial charge in [-0.05, 0) is 61.2 Å². The molecule has 0 bridgehead atoms. The molecule has 0 saturated heterocycles. The first-order valence-electron chi connectivity index (χ1n) is 12.5. The summed E-state index contributed by atoms with van der Waals surface area (Å²) >= 11 is 12.6. The minimum atomic E-state index is -3.85. The topological polar surface area (TPSA) is 86.8 Å². The van der Waals surface area contributed by atoms with Gasteiger partial charge in [-0.1, -0.05) is 71.7 Å². The second-order valence-corrected chi connectivity index (χ2v) is 12.2. The molecule has 0 unspecified atom stereocenters. The molecule has 0 aliphatic rings. The monoisotopic (exact) mass is 589 g/mol. The summed E-state index contributed by atoms with van der Waals surface area (Å²) in [5.41, 5.74) is 3.40. The van der Waals surface area contributed by atoms with Gasteiger partial charge in [0, 0.05) is 29.6 Å². The summed E-state index contributed by atoms with van der Waals surface area (Å²) in [6.07, 6.45) is 1.29. The van der Waals surface area contributed by atoms with Crippen molar-refractivity contribution < 1.29 is 18.0 Å². The molecule has 0 spiro atoms. The number of carbonyl (C=O) groups excluding carboxylic acids is 2. The molecule has 1 atom stereocenters. The number of anilines is 1. The van der Waals surface area contributed by atoms with Crippen LogP contribution in [0.15, 0.2) is 66.7 Å². The van der Waals surface area contributed by atoms with Crippen molar-refractivity contribution in [3.8, 4) is 0 Å². The molecule has 0 saturated carbocycles. The molecule has 1 N–H and O–H groups in total. The molecule has 0 fully saturated rings. The number of carbonyl (C=O) groups is 2. The van der Waals surface area contributed by atoms with Crippen LogP contribution in [0.2, 0.25) is 10.0 Å². The van der Waals surface area contributed by atoms with Gasteiger partial charge in [-0.25, -0.2) is 8.42 Å². The van der Waals surface area contributed by atoms with Gasteiger partial charge in [0.05, 0.1) is 11.9 Å². The van der Waals surface area contributed by atoms with Crippen LogP contribution in [0.4, 0.5) is 5.69 Å². The van der Waals surface area contributed by atoms with Crippen molar-refractivity contribution in [1.29, 1.82) is 0 Å². The van der Waals surface area contributed by atoms with E-state index in [0.29, 0.717) is 33.4 Å². The van der Waals surface area contributed by atoms with E-state index in [2.05, 4.69) is 5.32 Å². The summed E-state index contributed by atoms with van der Waals surface area (Å²) in [5, 5.41) is 3.60. The number of hydrogen-bond acceptors (Lipinski definition) is 4. The first-order valence-corrected chi connectivity index (χ1v) is 15.1. The van der Waals surface area contributed by atoms with Crippen molar-refractivity contribution in [2.45, 2.75) is 39.8 Å². The van der Waals surface area contributed by atoms with Crippen LogP contribution in [-0.2, 0) is 32.6 Å². The smallest absolute Gasteiger partial charge is 0.244 e. The fourth-order valence-corrected chi connectivity index (χ4v) is 5.63. The number of benzene rings is 3. The third-order valence-corrected chi connectivity index (χ3v) is 8.00. The standard InChI is InChI=1S/C29H33Cl2N3O4S/c1-5-32-29(36)27(16-22-9-7-6-8-10-22)33(18-23-13-14-24(30)17-25(23)31)28(35)19-34(39(4,37)38)26-15-20(2)11-12-21(26)3/h6-15,17,27H,5,16,18-19H2,1-4H3,(H,32,36)/t27-/m1/s1. The van der Waals surface area contributed by atoms with Gasteiger partial charge in [0.2, 0.25) is 21.8 Å². The Labute approximate surface area is 240 Å². The van der Waals surface area contributed by atoms with Gasteiger partial charge in [-0.15, -0.1) is 0 Å². The van der Waals surface area contributed by atoms with Crippen molar-refractivity contribution in [3.05, 3.63) is 99.0 Å². The largest absolute Gasteiger partial charge is 0.355 e. The number of likely N-dealkylation sites (N-methyl/N-ethyl adjacent to an activating group) is 1. The van der Waals surface area contributed by atoms with Crippen LogP contribution in [-0.4, -0.2) is 50.5 Å². The first kappa shape index (κ1) is 30.5. The zero-order chi connectivity index (χ0) is 28.7. The number of aryl methyl sites for hydroxylation is 2. The first-order chi connectivity index (χ1) is 18.4. The van der Waals surface area contributed by atoms with Crippen LogP contribution in [0.3, 0.4) is 0 Å². The lowest BCUT2D eigenvalue weighted by Gasteiger charge is -2.34. The maximum atomic E-state index is 14.1. The molecule has 7 nitrogen and oxygen atoms in total. The quantitative estimate of drug-likeness (QED) is 0.335. The molecular weight excluding hydrogens is 557 g/mol. The Hall–Kier alpha value is -3.07. The molecule has 39 heavy (non-hydrogen) atoms. The predicted molar refractivity (Wildman–Crippen MR) is 158 cm³/mol. The highest BCUT2D eigenvalue weighted by Gasteiger charge is 2.33. The third-order valence-electron chi connectivity index (χ3n) is 6.29. The number of amides is 2. The normalized spacial score (nSPS) is 12.1. The van der Waals surface area contributed by atoms with E-state index in [0.717, 1.165) is 21.7 Å². The van der Waals surface area contributed by atoms with E-state index in [9.17, 15) is 18.0 Å². The molecule has 2 amide bonds. The van der Waals surface area contributed by atoms with Crippen LogP contribution in [0.1, 0.15) is 29.2 Å². The number of hydrogen-bond donors (Lipinski definition) is 1. The predicted octanol–water partition coefficient (Wildman–Crippen LogP) is 5.15. The summed E-state index contributed by atoms with van der Waals surface area (Å²) in [4.78, 5) is 28.8. The van der Waals surface area contributed by atoms with Crippen LogP contribution in [0, 0.1) is 13.8 Å². The molecule has 0 aliphatic carbocycles. The van der Waals surface area contributed by atoms with Gasteiger partial charge in [0.15, 0.2) is 0 Å². The molecule has 208 valence electrons. The minimum absolute atomic E-state index is 0.0200. The summed E-state index contributed by atoms with van der Waals surface area (Å²) in [6.45, 7) is 5.30. The number of halogens is 2. The lowest BCUT2D eigenvalue weighted by Crippen LogP contribution is -2.53. The molecule has 10 heteroatoms. The molecule has 0 radical (unpaired) electrons. The minimum Gasteiger partial charge on any atom is -0.355 e. The van der Waals surface area contributed by atoms with Crippen molar-refractivity contribution in [3.63, 3.8) is 0 Å². The Morgan fingerprint density at radius 3 is 2.28 bits per heavy atom. The van der Waals surface area contributed by atoms with E-state index in [-0.39, 0.29) is 18.9 Å². The molecule has 3 rings (SSSR count). The summed E-state index contributed by atoms with van der Waals surface area (Å²) in [5.74, 6) is -0.892. The van der Waals surface area contributed by atoms with E-state index in [1.54, 1.807) is 38.1 Å². The van der Waals surface area contributed by atoms with Crippen LogP contribution in [0.5, 0.6) is 0 Å². The van der Waals surface area contributed by atoms with Gasteiger partial charge < -0.3 is 10.2 Å². The van der Waals surface area contributed by atoms with Crippen molar-refractivity contribution in [2.75, 3.05) is 23.7 Å². The zero-order valence-corrected chi connectivity index (χ0v) is 24.8. The Balaban J connectivity index is 2.09. The van der Waals surface area contributed by atoms with Gasteiger partial charge in [0.25, 0.3) is 0 Å². The molecule has 0 aliphatic heterocycles. The van der Waals surface area contributed by atoms with Crippen LogP contribution in [0.25, 0.3) is 0 Å². The summed E-state index contributed by atoms with van der Waals surface area (Å²) in [7, 11) is -3.85. The maximum Gasteiger partial charge on any atom is 0.244 e. The Morgan fingerprint density at radius 2 is 1.67 bits per heavy atom. The van der Waals surface area contributed by atoms with E-state index < -0.39 is 28.5 Å². The average molecular weight is 591 g/mol. The number of rotatable bonds is 11. The molecule has 3 aromatic carbocycles. The third kappa shape index (κ3) is 8.21. The highest BCUT2D eigenvalue weighted by molar-refractivity contribution is 7.92.